The number of hydrogen-bond acceptors (Lipinski definition) is 5. The summed E-state index contributed by atoms with van der Waals surface area (Å²) in [6, 6.07) is 6.01. The lowest BCUT2D eigenvalue weighted by Crippen LogP contribution is -2.48. The predicted molar refractivity (Wildman–Crippen MR) is 81.3 cm³/mol. The summed E-state index contributed by atoms with van der Waals surface area (Å²) in [6.45, 7) is 2.65. The van der Waals surface area contributed by atoms with Crippen LogP contribution in [0.1, 0.15) is 26.2 Å². The Morgan fingerprint density at radius 2 is 1.71 bits per heavy atom. The van der Waals surface area contributed by atoms with Crippen LogP contribution < -0.4 is 19.5 Å². The fourth-order valence-electron chi connectivity index (χ4n) is 2.18. The summed E-state index contributed by atoms with van der Waals surface area (Å²) in [5.41, 5.74) is -0.288. The van der Waals surface area contributed by atoms with Crippen molar-refractivity contribution >= 4 is 0 Å². The molecule has 5 nitrogen and oxygen atoms in total. The minimum absolute atomic E-state index is 0.105. The van der Waals surface area contributed by atoms with E-state index in [1.54, 1.807) is 20.3 Å². The number of aliphatic hydroxyl groups is 1. The third kappa shape index (κ3) is 4.79. The van der Waals surface area contributed by atoms with Crippen LogP contribution in [0, 0.1) is 0 Å². The quantitative estimate of drug-likeness (QED) is 0.729. The van der Waals surface area contributed by atoms with Gasteiger partial charge in [0.15, 0.2) is 0 Å². The smallest absolute Gasteiger partial charge is 0.126 e. The molecule has 2 N–H and O–H groups in total. The van der Waals surface area contributed by atoms with Gasteiger partial charge in [-0.1, -0.05) is 0 Å². The van der Waals surface area contributed by atoms with Crippen molar-refractivity contribution in [2.75, 3.05) is 27.4 Å². The molecular weight excluding hydrogens is 270 g/mol. The zero-order chi connectivity index (χ0) is 15.3. The van der Waals surface area contributed by atoms with E-state index in [-0.39, 0.29) is 12.1 Å². The van der Waals surface area contributed by atoms with Gasteiger partial charge in [0.1, 0.15) is 17.2 Å². The van der Waals surface area contributed by atoms with E-state index in [0.717, 1.165) is 6.42 Å². The first kappa shape index (κ1) is 15.9. The second kappa shape index (κ2) is 7.00. The zero-order valence-corrected chi connectivity index (χ0v) is 13.0. The van der Waals surface area contributed by atoms with Crippen LogP contribution in [0.4, 0.5) is 0 Å². The maximum Gasteiger partial charge on any atom is 0.126 e. The molecule has 21 heavy (non-hydrogen) atoms. The maximum atomic E-state index is 9.57. The molecule has 5 heteroatoms. The fourth-order valence-corrected chi connectivity index (χ4v) is 2.18. The molecule has 0 amide bonds. The molecule has 2 rings (SSSR count). The highest BCUT2D eigenvalue weighted by molar-refractivity contribution is 5.41. The van der Waals surface area contributed by atoms with Crippen LogP contribution in [0.5, 0.6) is 17.2 Å². The maximum absolute atomic E-state index is 9.57. The SMILES string of the molecule is COc1cc(OC)cc(OCCC(C)(CO)NC2CC2)c1. The lowest BCUT2D eigenvalue weighted by atomic mass is 9.99. The molecule has 1 unspecified atom stereocenters. The lowest BCUT2D eigenvalue weighted by molar-refractivity contribution is 0.142. The number of nitrogens with one attached hydrogen (secondary N) is 1. The molecule has 0 heterocycles. The van der Waals surface area contributed by atoms with Gasteiger partial charge < -0.3 is 24.6 Å². The lowest BCUT2D eigenvalue weighted by Gasteiger charge is -2.29. The molecule has 1 fully saturated rings. The molecule has 0 aromatic heterocycles. The van der Waals surface area contributed by atoms with Crippen LogP contribution in [-0.2, 0) is 0 Å². The highest BCUT2D eigenvalue weighted by Crippen LogP contribution is 2.28. The third-order valence-electron chi connectivity index (χ3n) is 3.73. The predicted octanol–water partition coefficient (Wildman–Crippen LogP) is 1.98. The van der Waals surface area contributed by atoms with Gasteiger partial charge in [-0.05, 0) is 19.8 Å². The number of aliphatic hydroxyl groups excluding tert-OH is 1. The number of rotatable bonds is 9. The van der Waals surface area contributed by atoms with E-state index in [1.165, 1.54) is 12.8 Å². The number of methoxy groups -OCH3 is 2. The Bertz CT molecular complexity index is 439. The Hall–Kier alpha value is -1.46. The molecule has 1 aliphatic carbocycles. The normalized spacial score (nSPS) is 17.1. The van der Waals surface area contributed by atoms with E-state index in [0.29, 0.717) is 29.9 Å². The second-order valence-electron chi connectivity index (χ2n) is 5.78. The van der Waals surface area contributed by atoms with Gasteiger partial charge in [-0.2, -0.15) is 0 Å². The van der Waals surface area contributed by atoms with E-state index in [2.05, 4.69) is 5.32 Å². The fraction of sp³-hybridized carbons (Fsp3) is 0.625. The molecule has 1 aromatic carbocycles. The van der Waals surface area contributed by atoms with Crippen LogP contribution >= 0.6 is 0 Å². The summed E-state index contributed by atoms with van der Waals surface area (Å²) in [5.74, 6) is 2.11. The summed E-state index contributed by atoms with van der Waals surface area (Å²) in [4.78, 5) is 0. The van der Waals surface area contributed by atoms with Gasteiger partial charge in [-0.3, -0.25) is 0 Å². The summed E-state index contributed by atoms with van der Waals surface area (Å²) < 4.78 is 16.2. The van der Waals surface area contributed by atoms with E-state index in [9.17, 15) is 5.11 Å². The molecule has 0 spiro atoms. The summed E-state index contributed by atoms with van der Waals surface area (Å²) >= 11 is 0. The van der Waals surface area contributed by atoms with E-state index in [4.69, 9.17) is 14.2 Å². The Morgan fingerprint density at radius 3 is 2.19 bits per heavy atom. The van der Waals surface area contributed by atoms with Gasteiger partial charge in [-0.25, -0.2) is 0 Å². The minimum atomic E-state index is -0.288. The highest BCUT2D eigenvalue weighted by Gasteiger charge is 2.31. The van der Waals surface area contributed by atoms with Crippen LogP contribution in [0.25, 0.3) is 0 Å². The van der Waals surface area contributed by atoms with Crippen LogP contribution in [0.3, 0.4) is 0 Å². The van der Waals surface area contributed by atoms with E-state index < -0.39 is 0 Å². The Labute approximate surface area is 126 Å². The van der Waals surface area contributed by atoms with Crippen molar-refractivity contribution in [2.24, 2.45) is 0 Å². The van der Waals surface area contributed by atoms with Crippen LogP contribution in [-0.4, -0.2) is 44.1 Å². The Morgan fingerprint density at radius 1 is 1.14 bits per heavy atom. The average Bonchev–Trinajstić information content (AvgIpc) is 3.30. The summed E-state index contributed by atoms with van der Waals surface area (Å²) in [6.07, 6.45) is 3.13. The van der Waals surface area contributed by atoms with Crippen LogP contribution in [0.15, 0.2) is 18.2 Å². The topological polar surface area (TPSA) is 60.0 Å². The first-order valence-electron chi connectivity index (χ1n) is 7.33. The van der Waals surface area contributed by atoms with Crippen LogP contribution in [0.2, 0.25) is 0 Å². The number of benzene rings is 1. The van der Waals surface area contributed by atoms with Crippen molar-refractivity contribution in [3.63, 3.8) is 0 Å². The number of hydrogen-bond donors (Lipinski definition) is 2. The third-order valence-corrected chi connectivity index (χ3v) is 3.73. The Balaban J connectivity index is 1.89. The molecule has 0 bridgehead atoms. The van der Waals surface area contributed by atoms with Crippen molar-refractivity contribution in [1.82, 2.24) is 5.32 Å². The minimum Gasteiger partial charge on any atom is -0.496 e. The molecular formula is C16H25NO4. The van der Waals surface area contributed by atoms with Crippen molar-refractivity contribution in [3.8, 4) is 17.2 Å². The van der Waals surface area contributed by atoms with Gasteiger partial charge in [0.2, 0.25) is 0 Å². The van der Waals surface area contributed by atoms with Crippen molar-refractivity contribution < 1.29 is 19.3 Å². The van der Waals surface area contributed by atoms with Gasteiger partial charge in [0, 0.05) is 36.2 Å². The van der Waals surface area contributed by atoms with Gasteiger partial charge in [0.25, 0.3) is 0 Å². The first-order chi connectivity index (χ1) is 10.1. The van der Waals surface area contributed by atoms with E-state index in [1.807, 2.05) is 19.1 Å². The first-order valence-corrected chi connectivity index (χ1v) is 7.33. The summed E-state index contributed by atoms with van der Waals surface area (Å²) in [7, 11) is 3.22. The summed E-state index contributed by atoms with van der Waals surface area (Å²) in [5, 5.41) is 13.0. The molecule has 0 radical (unpaired) electrons. The van der Waals surface area contributed by atoms with Gasteiger partial charge in [0.05, 0.1) is 27.4 Å². The standard InChI is InChI=1S/C16H25NO4/c1-16(11-18,17-12-4-5-12)6-7-21-15-9-13(19-2)8-14(10-15)20-3/h8-10,12,17-18H,4-7,11H2,1-3H3. The van der Waals surface area contributed by atoms with Crippen molar-refractivity contribution in [2.45, 2.75) is 37.8 Å². The average molecular weight is 295 g/mol. The molecule has 1 aliphatic rings. The van der Waals surface area contributed by atoms with E-state index >= 15 is 0 Å². The molecule has 0 aliphatic heterocycles. The monoisotopic (exact) mass is 295 g/mol. The molecule has 1 atom stereocenters. The molecule has 0 saturated heterocycles. The molecule has 1 saturated carbocycles. The zero-order valence-electron chi connectivity index (χ0n) is 13.0. The van der Waals surface area contributed by atoms with Crippen molar-refractivity contribution in [3.05, 3.63) is 18.2 Å². The largest absolute Gasteiger partial charge is 0.496 e. The molecule has 118 valence electrons. The highest BCUT2D eigenvalue weighted by atomic mass is 16.5. The van der Waals surface area contributed by atoms with Gasteiger partial charge in [-0.15, -0.1) is 0 Å². The second-order valence-corrected chi connectivity index (χ2v) is 5.78. The van der Waals surface area contributed by atoms with Gasteiger partial charge >= 0.3 is 0 Å². The number of ether oxygens (including phenoxy) is 3. The Kier molecular flexibility index (Phi) is 5.31. The van der Waals surface area contributed by atoms with Crippen molar-refractivity contribution in [1.29, 1.82) is 0 Å². The molecule has 1 aromatic rings.